The monoisotopic (exact) mass is 267 g/mol. The summed E-state index contributed by atoms with van der Waals surface area (Å²) in [7, 11) is 0. The maximum absolute atomic E-state index is 14.0. The van der Waals surface area contributed by atoms with Crippen LogP contribution in [0, 0.1) is 5.82 Å². The van der Waals surface area contributed by atoms with Crippen molar-refractivity contribution in [1.82, 2.24) is 4.90 Å². The maximum Gasteiger partial charge on any atom is 0.346 e. The van der Waals surface area contributed by atoms with Crippen molar-refractivity contribution >= 4 is 23.5 Å². The molecule has 1 aromatic carbocycles. The van der Waals surface area contributed by atoms with E-state index < -0.39 is 17.9 Å². The van der Waals surface area contributed by atoms with E-state index in [-0.39, 0.29) is 23.0 Å². The molecule has 1 aliphatic rings. The molecule has 0 saturated heterocycles. The van der Waals surface area contributed by atoms with Gasteiger partial charge < -0.3 is 10.6 Å². The smallest absolute Gasteiger partial charge is 0.346 e. The van der Waals surface area contributed by atoms with Gasteiger partial charge in [0.15, 0.2) is 0 Å². The lowest BCUT2D eigenvalue weighted by Gasteiger charge is -2.23. The van der Waals surface area contributed by atoms with Crippen LogP contribution in [0.1, 0.15) is 11.6 Å². The van der Waals surface area contributed by atoms with Gasteiger partial charge in [0.2, 0.25) is 0 Å². The number of hydrogen-bond acceptors (Lipinski definition) is 2. The number of urea groups is 1. The second-order valence-electron chi connectivity index (χ2n) is 3.81. The minimum Gasteiger partial charge on any atom is -0.385 e. The second-order valence-corrected chi connectivity index (χ2v) is 4.21. The minimum absolute atomic E-state index is 0.0156. The van der Waals surface area contributed by atoms with E-state index in [9.17, 15) is 9.18 Å². The molecule has 2 N–H and O–H groups in total. The Balaban J connectivity index is 2.47. The Labute approximate surface area is 109 Å². The Kier molecular flexibility index (Phi) is 3.34. The van der Waals surface area contributed by atoms with Crippen LogP contribution in [0.2, 0.25) is 5.02 Å². The normalized spacial score (nSPS) is 19.0. The van der Waals surface area contributed by atoms with Gasteiger partial charge in [0.1, 0.15) is 17.7 Å². The van der Waals surface area contributed by atoms with Crippen LogP contribution in [0.4, 0.5) is 9.18 Å². The number of nitrogens with two attached hydrogens (primary N) is 1. The van der Waals surface area contributed by atoms with Crippen molar-refractivity contribution in [2.24, 2.45) is 10.7 Å². The van der Waals surface area contributed by atoms with Crippen LogP contribution < -0.4 is 5.73 Å². The highest BCUT2D eigenvalue weighted by molar-refractivity contribution is 6.30. The van der Waals surface area contributed by atoms with Crippen LogP contribution in [0.15, 0.2) is 35.8 Å². The zero-order chi connectivity index (χ0) is 13.3. The SMILES string of the molecule is C=CCN1C(=O)N=C(N)C1c1cccc(Cl)c1F. The van der Waals surface area contributed by atoms with Crippen molar-refractivity contribution in [2.45, 2.75) is 6.04 Å². The van der Waals surface area contributed by atoms with E-state index in [0.717, 1.165) is 0 Å². The van der Waals surface area contributed by atoms with Gasteiger partial charge in [-0.15, -0.1) is 6.58 Å². The molecule has 0 saturated carbocycles. The van der Waals surface area contributed by atoms with Crippen molar-refractivity contribution in [1.29, 1.82) is 0 Å². The number of halogens is 2. The summed E-state index contributed by atoms with van der Waals surface area (Å²) in [5.41, 5.74) is 5.92. The van der Waals surface area contributed by atoms with Gasteiger partial charge in [-0.2, -0.15) is 4.99 Å². The van der Waals surface area contributed by atoms with Crippen LogP contribution in [-0.4, -0.2) is 23.3 Å². The molecule has 1 heterocycles. The van der Waals surface area contributed by atoms with Gasteiger partial charge in [-0.25, -0.2) is 9.18 Å². The molecule has 2 rings (SSSR count). The third-order valence-corrected chi connectivity index (χ3v) is 2.96. The summed E-state index contributed by atoms with van der Waals surface area (Å²) in [6, 6.07) is 3.33. The fourth-order valence-electron chi connectivity index (χ4n) is 1.89. The van der Waals surface area contributed by atoms with E-state index in [1.807, 2.05) is 0 Å². The quantitative estimate of drug-likeness (QED) is 0.856. The molecule has 0 radical (unpaired) electrons. The zero-order valence-electron chi connectivity index (χ0n) is 9.44. The lowest BCUT2D eigenvalue weighted by molar-refractivity contribution is 0.212. The first-order valence-electron chi connectivity index (χ1n) is 5.25. The summed E-state index contributed by atoms with van der Waals surface area (Å²) in [5, 5.41) is -0.0156. The fraction of sp³-hybridized carbons (Fsp3) is 0.167. The number of carbonyl (C=O) groups is 1. The van der Waals surface area contributed by atoms with Gasteiger partial charge >= 0.3 is 6.03 Å². The Bertz CT molecular complexity index is 544. The van der Waals surface area contributed by atoms with E-state index >= 15 is 0 Å². The fourth-order valence-corrected chi connectivity index (χ4v) is 2.07. The lowest BCUT2D eigenvalue weighted by Crippen LogP contribution is -2.34. The van der Waals surface area contributed by atoms with E-state index in [0.29, 0.717) is 0 Å². The first-order chi connectivity index (χ1) is 8.56. The Hall–Kier alpha value is -1.88. The zero-order valence-corrected chi connectivity index (χ0v) is 10.2. The van der Waals surface area contributed by atoms with Gasteiger partial charge in [0.05, 0.1) is 5.02 Å². The van der Waals surface area contributed by atoms with E-state index in [2.05, 4.69) is 11.6 Å². The van der Waals surface area contributed by atoms with Crippen LogP contribution in [0.3, 0.4) is 0 Å². The van der Waals surface area contributed by atoms with E-state index in [1.54, 1.807) is 6.07 Å². The number of aliphatic imine (C=N–C) groups is 1. The van der Waals surface area contributed by atoms with Gasteiger partial charge in [-0.3, -0.25) is 0 Å². The summed E-state index contributed by atoms with van der Waals surface area (Å²) in [5.74, 6) is -0.533. The summed E-state index contributed by atoms with van der Waals surface area (Å²) in [6.45, 7) is 3.78. The third kappa shape index (κ3) is 1.97. The molecule has 1 aliphatic heterocycles. The summed E-state index contributed by atoms with van der Waals surface area (Å²) >= 11 is 5.72. The Morgan fingerprint density at radius 2 is 2.33 bits per heavy atom. The number of nitrogens with zero attached hydrogens (tertiary/aromatic N) is 2. The molecule has 1 aromatic rings. The second kappa shape index (κ2) is 4.78. The van der Waals surface area contributed by atoms with Crippen LogP contribution in [-0.2, 0) is 0 Å². The first-order valence-corrected chi connectivity index (χ1v) is 5.63. The van der Waals surface area contributed by atoms with Crippen LogP contribution in [0.25, 0.3) is 0 Å². The van der Waals surface area contributed by atoms with Crippen molar-refractivity contribution in [3.63, 3.8) is 0 Å². The summed E-state index contributed by atoms with van der Waals surface area (Å²) in [4.78, 5) is 16.6. The summed E-state index contributed by atoms with van der Waals surface area (Å²) in [6.07, 6.45) is 1.53. The predicted octanol–water partition coefficient (Wildman–Crippen LogP) is 2.50. The lowest BCUT2D eigenvalue weighted by atomic mass is 10.0. The minimum atomic E-state index is -0.728. The number of benzene rings is 1. The van der Waals surface area contributed by atoms with Crippen LogP contribution in [0.5, 0.6) is 0 Å². The van der Waals surface area contributed by atoms with Crippen molar-refractivity contribution < 1.29 is 9.18 Å². The first kappa shape index (κ1) is 12.6. The molecular formula is C12H11ClFN3O. The van der Waals surface area contributed by atoms with E-state index in [4.69, 9.17) is 17.3 Å². The maximum atomic E-state index is 14.0. The molecule has 2 amide bonds. The van der Waals surface area contributed by atoms with Crippen LogP contribution >= 0.6 is 11.6 Å². The predicted molar refractivity (Wildman–Crippen MR) is 68.1 cm³/mol. The molecule has 0 aromatic heterocycles. The average Bonchev–Trinajstić information content (AvgIpc) is 2.59. The van der Waals surface area contributed by atoms with Crippen molar-refractivity contribution in [2.75, 3.05) is 6.54 Å². The highest BCUT2D eigenvalue weighted by Gasteiger charge is 2.35. The molecule has 0 aliphatic carbocycles. The van der Waals surface area contributed by atoms with Gasteiger partial charge in [-0.1, -0.05) is 29.8 Å². The number of amides is 2. The van der Waals surface area contributed by atoms with E-state index in [1.165, 1.54) is 23.1 Å². The van der Waals surface area contributed by atoms with Gasteiger partial charge in [-0.05, 0) is 6.07 Å². The average molecular weight is 268 g/mol. The third-order valence-electron chi connectivity index (χ3n) is 2.66. The van der Waals surface area contributed by atoms with Crippen molar-refractivity contribution in [3.05, 3.63) is 47.3 Å². The van der Waals surface area contributed by atoms with Crippen molar-refractivity contribution in [3.8, 4) is 0 Å². The van der Waals surface area contributed by atoms with Gasteiger partial charge in [0, 0.05) is 12.1 Å². The molecule has 6 heteroatoms. The molecule has 0 spiro atoms. The largest absolute Gasteiger partial charge is 0.385 e. The highest BCUT2D eigenvalue weighted by Crippen LogP contribution is 2.31. The molecular weight excluding hydrogens is 257 g/mol. The van der Waals surface area contributed by atoms with Gasteiger partial charge in [0.25, 0.3) is 0 Å². The Morgan fingerprint density at radius 1 is 1.61 bits per heavy atom. The summed E-state index contributed by atoms with van der Waals surface area (Å²) < 4.78 is 14.0. The molecule has 0 fully saturated rings. The topological polar surface area (TPSA) is 58.7 Å². The number of rotatable bonds is 3. The number of amidine groups is 1. The molecule has 18 heavy (non-hydrogen) atoms. The highest BCUT2D eigenvalue weighted by atomic mass is 35.5. The molecule has 4 nitrogen and oxygen atoms in total. The molecule has 94 valence electrons. The molecule has 0 bridgehead atoms. The number of carbonyl (C=O) groups excluding carboxylic acids is 1. The molecule has 1 unspecified atom stereocenters. The standard InChI is InChI=1S/C12H11ClFN3O/c1-2-6-17-10(11(15)16-12(17)18)7-4-3-5-8(13)9(7)14/h2-5,10H,1,6H2,(H2,15,16,18). The number of hydrogen-bond donors (Lipinski definition) is 1. The Morgan fingerprint density at radius 3 is 3.00 bits per heavy atom. The molecule has 1 atom stereocenters.